The molecule has 3 heterocycles. The monoisotopic (exact) mass is 448 g/mol. The molecule has 4 rings (SSSR count). The molecule has 2 aromatic heterocycles. The van der Waals surface area contributed by atoms with Gasteiger partial charge in [-0.1, -0.05) is 0 Å². The largest absolute Gasteiger partial charge is 0.465 e. The molecule has 8 nitrogen and oxygen atoms in total. The summed E-state index contributed by atoms with van der Waals surface area (Å²) in [4.78, 5) is 41.0. The van der Waals surface area contributed by atoms with Gasteiger partial charge in [0.1, 0.15) is 6.29 Å². The fourth-order valence-electron chi connectivity index (χ4n) is 3.74. The SMILES string of the molecule is O=Cc1ccc2c(c1)nc(NC(=O)c1ccc(C(F)F)s1)n2C[C@H]1CCCN1C(=O)O. The van der Waals surface area contributed by atoms with Gasteiger partial charge in [0.15, 0.2) is 0 Å². The minimum absolute atomic E-state index is 0.107. The summed E-state index contributed by atoms with van der Waals surface area (Å²) in [5, 5.41) is 12.1. The highest BCUT2D eigenvalue weighted by atomic mass is 32.1. The fourth-order valence-corrected chi connectivity index (χ4v) is 4.50. The predicted octanol–water partition coefficient (Wildman–Crippen LogP) is 4.24. The van der Waals surface area contributed by atoms with Gasteiger partial charge in [-0.25, -0.2) is 18.6 Å². The zero-order valence-corrected chi connectivity index (χ0v) is 16.9. The van der Waals surface area contributed by atoms with E-state index in [4.69, 9.17) is 0 Å². The number of nitrogens with one attached hydrogen (secondary N) is 1. The number of hydrogen-bond donors (Lipinski definition) is 2. The maximum Gasteiger partial charge on any atom is 0.407 e. The fraction of sp³-hybridized carbons (Fsp3) is 0.300. The zero-order valence-electron chi connectivity index (χ0n) is 16.1. The van der Waals surface area contributed by atoms with Crippen LogP contribution in [0.25, 0.3) is 11.0 Å². The third kappa shape index (κ3) is 4.13. The predicted molar refractivity (Wildman–Crippen MR) is 110 cm³/mol. The molecule has 0 bridgehead atoms. The summed E-state index contributed by atoms with van der Waals surface area (Å²) in [5.74, 6) is -0.433. The molecule has 2 N–H and O–H groups in total. The third-order valence-corrected chi connectivity index (χ3v) is 6.31. The molecule has 0 radical (unpaired) electrons. The number of carbonyl (C=O) groups is 3. The summed E-state index contributed by atoms with van der Waals surface area (Å²) in [5.41, 5.74) is 1.49. The number of likely N-dealkylation sites (tertiary alicyclic amines) is 1. The van der Waals surface area contributed by atoms with Crippen LogP contribution in [-0.4, -0.2) is 50.4 Å². The number of imidazole rings is 1. The van der Waals surface area contributed by atoms with Crippen LogP contribution in [0.15, 0.2) is 30.3 Å². The van der Waals surface area contributed by atoms with Crippen LogP contribution in [0, 0.1) is 0 Å². The Kier molecular flexibility index (Phi) is 5.68. The van der Waals surface area contributed by atoms with E-state index in [2.05, 4.69) is 10.3 Å². The molecule has 0 unspecified atom stereocenters. The van der Waals surface area contributed by atoms with Gasteiger partial charge in [-0.2, -0.15) is 0 Å². The van der Waals surface area contributed by atoms with Crippen molar-refractivity contribution in [1.29, 1.82) is 0 Å². The van der Waals surface area contributed by atoms with Crippen molar-refractivity contribution in [2.24, 2.45) is 0 Å². The number of aromatic nitrogens is 2. The molecule has 1 saturated heterocycles. The first-order valence-corrected chi connectivity index (χ1v) is 10.3. The van der Waals surface area contributed by atoms with Gasteiger partial charge in [-0.05, 0) is 43.2 Å². The summed E-state index contributed by atoms with van der Waals surface area (Å²) < 4.78 is 27.4. The molecule has 0 aliphatic carbocycles. The van der Waals surface area contributed by atoms with E-state index in [-0.39, 0.29) is 28.3 Å². The molecule has 1 aliphatic rings. The molecular formula is C20H18F2N4O4S. The normalized spacial score (nSPS) is 16.2. The van der Waals surface area contributed by atoms with Crippen LogP contribution in [0.1, 0.15) is 44.2 Å². The van der Waals surface area contributed by atoms with Crippen LogP contribution in [-0.2, 0) is 6.54 Å². The highest BCUT2D eigenvalue weighted by Crippen LogP contribution is 2.29. The molecule has 0 saturated carbocycles. The van der Waals surface area contributed by atoms with Gasteiger partial charge in [0.2, 0.25) is 5.95 Å². The van der Waals surface area contributed by atoms with Crippen molar-refractivity contribution in [2.45, 2.75) is 31.9 Å². The highest BCUT2D eigenvalue weighted by molar-refractivity contribution is 7.14. The first-order chi connectivity index (χ1) is 14.9. The number of aldehydes is 1. The van der Waals surface area contributed by atoms with Crippen molar-refractivity contribution in [3.8, 4) is 0 Å². The van der Waals surface area contributed by atoms with Crippen LogP contribution in [0.3, 0.4) is 0 Å². The van der Waals surface area contributed by atoms with Gasteiger partial charge >= 0.3 is 6.09 Å². The quantitative estimate of drug-likeness (QED) is 0.549. The van der Waals surface area contributed by atoms with Gasteiger partial charge in [-0.3, -0.25) is 14.9 Å². The van der Waals surface area contributed by atoms with Gasteiger partial charge in [0.25, 0.3) is 12.3 Å². The van der Waals surface area contributed by atoms with E-state index in [0.717, 1.165) is 6.42 Å². The van der Waals surface area contributed by atoms with Gasteiger partial charge in [0, 0.05) is 18.7 Å². The molecule has 1 fully saturated rings. The first-order valence-electron chi connectivity index (χ1n) is 9.51. The Morgan fingerprint density at radius 3 is 2.81 bits per heavy atom. The molecule has 11 heteroatoms. The van der Waals surface area contributed by atoms with Gasteiger partial charge in [0.05, 0.1) is 26.8 Å². The molecular weight excluding hydrogens is 430 g/mol. The zero-order chi connectivity index (χ0) is 22.1. The second kappa shape index (κ2) is 8.42. The highest BCUT2D eigenvalue weighted by Gasteiger charge is 2.30. The van der Waals surface area contributed by atoms with Crippen molar-refractivity contribution >= 4 is 46.6 Å². The number of halogens is 2. The summed E-state index contributed by atoms with van der Waals surface area (Å²) >= 11 is 0.693. The average Bonchev–Trinajstić information content (AvgIpc) is 3.47. The van der Waals surface area contributed by atoms with Crippen LogP contribution < -0.4 is 5.32 Å². The third-order valence-electron chi connectivity index (χ3n) is 5.22. The standard InChI is InChI=1S/C20H18F2N4O4S/c21-17(22)15-5-6-16(31-15)18(28)24-19-23-13-8-11(10-27)3-4-14(13)26(19)9-12-2-1-7-25(12)20(29)30/h3-6,8,10,12,17H,1-2,7,9H2,(H,29,30)(H,23,24,28)/t12-/m1/s1. The average molecular weight is 448 g/mol. The summed E-state index contributed by atoms with van der Waals surface area (Å²) in [7, 11) is 0. The topological polar surface area (TPSA) is 105 Å². The number of anilines is 1. The van der Waals surface area contributed by atoms with E-state index in [9.17, 15) is 28.3 Å². The lowest BCUT2D eigenvalue weighted by Crippen LogP contribution is -2.37. The van der Waals surface area contributed by atoms with E-state index in [1.165, 1.54) is 17.0 Å². The minimum atomic E-state index is -2.66. The first kappa shape index (κ1) is 20.9. The molecule has 1 aromatic carbocycles. The molecule has 1 aliphatic heterocycles. The Balaban J connectivity index is 1.69. The number of nitrogens with zero attached hydrogens (tertiary/aromatic N) is 3. The number of fused-ring (bicyclic) bond motifs is 1. The number of carboxylic acid groups (broad SMARTS) is 1. The van der Waals surface area contributed by atoms with Crippen LogP contribution in [0.2, 0.25) is 0 Å². The van der Waals surface area contributed by atoms with Crippen LogP contribution >= 0.6 is 11.3 Å². The smallest absolute Gasteiger partial charge is 0.407 e. The lowest BCUT2D eigenvalue weighted by Gasteiger charge is -2.23. The van der Waals surface area contributed by atoms with E-state index in [1.54, 1.807) is 22.8 Å². The van der Waals surface area contributed by atoms with Gasteiger partial charge in [-0.15, -0.1) is 11.3 Å². The summed E-state index contributed by atoms with van der Waals surface area (Å²) in [6, 6.07) is 7.08. The van der Waals surface area contributed by atoms with E-state index >= 15 is 0 Å². The Hall–Kier alpha value is -3.34. The van der Waals surface area contributed by atoms with E-state index < -0.39 is 18.4 Å². The van der Waals surface area contributed by atoms with E-state index in [1.807, 2.05) is 0 Å². The lowest BCUT2D eigenvalue weighted by atomic mass is 10.2. The Morgan fingerprint density at radius 1 is 1.32 bits per heavy atom. The number of alkyl halides is 2. The molecule has 3 aromatic rings. The number of amides is 2. The van der Waals surface area contributed by atoms with Gasteiger partial charge < -0.3 is 14.6 Å². The second-order valence-corrected chi connectivity index (χ2v) is 8.26. The molecule has 31 heavy (non-hydrogen) atoms. The maximum atomic E-state index is 12.9. The van der Waals surface area contributed by atoms with Crippen LogP contribution in [0.5, 0.6) is 0 Å². The Bertz CT molecular complexity index is 1160. The number of benzene rings is 1. The number of rotatable bonds is 6. The molecule has 162 valence electrons. The maximum absolute atomic E-state index is 12.9. The number of thiophene rings is 1. The minimum Gasteiger partial charge on any atom is -0.465 e. The Morgan fingerprint density at radius 2 is 2.13 bits per heavy atom. The van der Waals surface area contributed by atoms with E-state index in [0.29, 0.717) is 47.2 Å². The summed E-state index contributed by atoms with van der Waals surface area (Å²) in [6.45, 7) is 0.681. The number of hydrogen-bond acceptors (Lipinski definition) is 5. The van der Waals surface area contributed by atoms with Crippen molar-refractivity contribution in [1.82, 2.24) is 14.5 Å². The van der Waals surface area contributed by atoms with Crippen LogP contribution in [0.4, 0.5) is 19.5 Å². The Labute approximate surface area is 179 Å². The van der Waals surface area contributed by atoms with Crippen molar-refractivity contribution in [3.05, 3.63) is 45.6 Å². The summed E-state index contributed by atoms with van der Waals surface area (Å²) in [6.07, 6.45) is -1.61. The lowest BCUT2D eigenvalue weighted by molar-refractivity contribution is 0.102. The van der Waals surface area contributed by atoms with Crippen molar-refractivity contribution < 1.29 is 28.3 Å². The van der Waals surface area contributed by atoms with Crippen molar-refractivity contribution in [2.75, 3.05) is 11.9 Å². The second-order valence-electron chi connectivity index (χ2n) is 7.14. The molecule has 2 amide bonds. The molecule has 0 spiro atoms. The number of carbonyl (C=O) groups excluding carboxylic acids is 2. The van der Waals surface area contributed by atoms with Crippen molar-refractivity contribution in [3.63, 3.8) is 0 Å². The molecule has 1 atom stereocenters.